The van der Waals surface area contributed by atoms with Crippen LogP contribution in [0.1, 0.15) is 11.5 Å². The van der Waals surface area contributed by atoms with Gasteiger partial charge in [-0.15, -0.1) is 5.10 Å². The molecule has 0 radical (unpaired) electrons. The van der Waals surface area contributed by atoms with Crippen LogP contribution in [0.4, 0.5) is 6.01 Å². The minimum Gasteiger partial charge on any atom is -0.407 e. The summed E-state index contributed by atoms with van der Waals surface area (Å²) in [6.07, 6.45) is 0. The Labute approximate surface area is 100 Å². The van der Waals surface area contributed by atoms with E-state index in [1.165, 1.54) is 5.56 Å². The Bertz CT molecular complexity index is 453. The van der Waals surface area contributed by atoms with Crippen LogP contribution in [0.15, 0.2) is 34.7 Å². The highest BCUT2D eigenvalue weighted by molar-refractivity contribution is 5.23. The minimum absolute atomic E-state index is 0.464. The van der Waals surface area contributed by atoms with E-state index in [0.29, 0.717) is 25.0 Å². The molecule has 2 aromatic rings. The van der Waals surface area contributed by atoms with Gasteiger partial charge in [0.05, 0.1) is 6.54 Å². The number of anilines is 1. The lowest BCUT2D eigenvalue weighted by molar-refractivity contribution is 0.344. The van der Waals surface area contributed by atoms with Crippen LogP contribution in [-0.2, 0) is 13.1 Å². The number of aromatic nitrogens is 2. The molecule has 5 heteroatoms. The zero-order valence-corrected chi connectivity index (χ0v) is 10.1. The molecular formula is C12H16N4O. The summed E-state index contributed by atoms with van der Waals surface area (Å²) in [6.45, 7) is 1.34. The van der Waals surface area contributed by atoms with E-state index in [0.717, 1.165) is 0 Å². The fourth-order valence-corrected chi connectivity index (χ4v) is 1.43. The Morgan fingerprint density at radius 1 is 1.18 bits per heavy atom. The summed E-state index contributed by atoms with van der Waals surface area (Å²) < 4.78 is 5.44. The largest absolute Gasteiger partial charge is 0.407 e. The molecule has 0 amide bonds. The molecule has 5 nitrogen and oxygen atoms in total. The van der Waals surface area contributed by atoms with Crippen LogP contribution in [0.2, 0.25) is 0 Å². The second kappa shape index (κ2) is 5.45. The second-order valence-corrected chi connectivity index (χ2v) is 4.08. The van der Waals surface area contributed by atoms with Crippen LogP contribution in [0.3, 0.4) is 0 Å². The van der Waals surface area contributed by atoms with Gasteiger partial charge < -0.3 is 14.6 Å². The highest BCUT2D eigenvalue weighted by Crippen LogP contribution is 2.08. The van der Waals surface area contributed by atoms with Crippen molar-refractivity contribution in [1.82, 2.24) is 15.1 Å². The van der Waals surface area contributed by atoms with Gasteiger partial charge in [0.2, 0.25) is 5.89 Å². The van der Waals surface area contributed by atoms with Gasteiger partial charge in [-0.25, -0.2) is 0 Å². The maximum absolute atomic E-state index is 5.44. The van der Waals surface area contributed by atoms with Crippen molar-refractivity contribution in [1.29, 1.82) is 0 Å². The number of hydrogen-bond acceptors (Lipinski definition) is 5. The highest BCUT2D eigenvalue weighted by Gasteiger charge is 2.05. The summed E-state index contributed by atoms with van der Waals surface area (Å²) in [5.74, 6) is 0.616. The quantitative estimate of drug-likeness (QED) is 0.851. The minimum atomic E-state index is 0.464. The van der Waals surface area contributed by atoms with E-state index < -0.39 is 0 Å². The molecule has 90 valence electrons. The first-order valence-electron chi connectivity index (χ1n) is 5.49. The molecule has 2 rings (SSSR count). The maximum atomic E-state index is 5.44. The Morgan fingerprint density at radius 3 is 2.65 bits per heavy atom. The van der Waals surface area contributed by atoms with Crippen LogP contribution >= 0.6 is 0 Å². The Kier molecular flexibility index (Phi) is 3.72. The van der Waals surface area contributed by atoms with Crippen LogP contribution in [0.25, 0.3) is 0 Å². The van der Waals surface area contributed by atoms with Crippen molar-refractivity contribution in [2.24, 2.45) is 0 Å². The Morgan fingerprint density at radius 2 is 1.94 bits per heavy atom. The van der Waals surface area contributed by atoms with Crippen molar-refractivity contribution in [3.63, 3.8) is 0 Å². The molecule has 0 bridgehead atoms. The molecule has 0 aliphatic carbocycles. The van der Waals surface area contributed by atoms with E-state index in [2.05, 4.69) is 15.5 Å². The molecule has 0 spiro atoms. The molecular weight excluding hydrogens is 216 g/mol. The third-order valence-corrected chi connectivity index (χ3v) is 2.20. The first-order chi connectivity index (χ1) is 8.24. The fraction of sp³-hybridized carbons (Fsp3) is 0.333. The van der Waals surface area contributed by atoms with Gasteiger partial charge in [-0.05, 0) is 19.7 Å². The van der Waals surface area contributed by atoms with Crippen molar-refractivity contribution in [2.45, 2.75) is 13.1 Å². The van der Waals surface area contributed by atoms with E-state index in [-0.39, 0.29) is 0 Å². The van der Waals surface area contributed by atoms with E-state index in [4.69, 9.17) is 4.42 Å². The van der Waals surface area contributed by atoms with Crippen molar-refractivity contribution in [3.05, 3.63) is 41.8 Å². The molecule has 1 aromatic heterocycles. The molecule has 0 saturated carbocycles. The molecule has 0 aliphatic heterocycles. The van der Waals surface area contributed by atoms with E-state index in [1.807, 2.05) is 49.3 Å². The van der Waals surface area contributed by atoms with Crippen LogP contribution in [0.5, 0.6) is 0 Å². The van der Waals surface area contributed by atoms with Gasteiger partial charge in [-0.3, -0.25) is 0 Å². The van der Waals surface area contributed by atoms with Gasteiger partial charge in [-0.1, -0.05) is 35.4 Å². The third-order valence-electron chi connectivity index (χ3n) is 2.20. The molecule has 0 atom stereocenters. The molecule has 17 heavy (non-hydrogen) atoms. The first-order valence-corrected chi connectivity index (χ1v) is 5.49. The molecule has 0 fully saturated rings. The normalized spacial score (nSPS) is 10.8. The van der Waals surface area contributed by atoms with Gasteiger partial charge >= 0.3 is 6.01 Å². The number of nitrogens with zero attached hydrogens (tertiary/aromatic N) is 3. The van der Waals surface area contributed by atoms with Gasteiger partial charge in [0.15, 0.2) is 0 Å². The topological polar surface area (TPSA) is 54.2 Å². The highest BCUT2D eigenvalue weighted by atomic mass is 16.4. The summed E-state index contributed by atoms with van der Waals surface area (Å²) in [7, 11) is 3.92. The van der Waals surface area contributed by atoms with Crippen molar-refractivity contribution >= 4 is 6.01 Å². The standard InChI is InChI=1S/C12H16N4O/c1-16(2)9-11-14-15-12(17-11)13-8-10-6-4-3-5-7-10/h3-7H,8-9H2,1-2H3,(H,13,15). The Balaban J connectivity index is 1.89. The molecule has 1 aromatic carbocycles. The van der Waals surface area contributed by atoms with Crippen molar-refractivity contribution in [3.8, 4) is 0 Å². The van der Waals surface area contributed by atoms with Crippen molar-refractivity contribution < 1.29 is 4.42 Å². The summed E-state index contributed by atoms with van der Waals surface area (Å²) in [4.78, 5) is 1.98. The first kappa shape index (κ1) is 11.6. The smallest absolute Gasteiger partial charge is 0.315 e. The molecule has 0 unspecified atom stereocenters. The predicted octanol–water partition coefficient (Wildman–Crippen LogP) is 1.74. The lowest BCUT2D eigenvalue weighted by atomic mass is 10.2. The predicted molar refractivity (Wildman–Crippen MR) is 65.5 cm³/mol. The van der Waals surface area contributed by atoms with E-state index in [1.54, 1.807) is 0 Å². The molecule has 0 saturated heterocycles. The summed E-state index contributed by atoms with van der Waals surface area (Å²) >= 11 is 0. The molecule has 1 N–H and O–H groups in total. The van der Waals surface area contributed by atoms with Crippen LogP contribution in [-0.4, -0.2) is 29.2 Å². The van der Waals surface area contributed by atoms with Gasteiger partial charge in [0.25, 0.3) is 0 Å². The maximum Gasteiger partial charge on any atom is 0.315 e. The number of benzene rings is 1. The SMILES string of the molecule is CN(C)Cc1nnc(NCc2ccccc2)o1. The Hall–Kier alpha value is -1.88. The molecule has 1 heterocycles. The summed E-state index contributed by atoms with van der Waals surface area (Å²) in [6, 6.07) is 10.6. The number of nitrogens with one attached hydrogen (secondary N) is 1. The average Bonchev–Trinajstić information content (AvgIpc) is 2.75. The van der Waals surface area contributed by atoms with Gasteiger partial charge in [-0.2, -0.15) is 0 Å². The van der Waals surface area contributed by atoms with E-state index in [9.17, 15) is 0 Å². The zero-order valence-electron chi connectivity index (χ0n) is 10.1. The monoisotopic (exact) mass is 232 g/mol. The third kappa shape index (κ3) is 3.57. The van der Waals surface area contributed by atoms with Crippen LogP contribution < -0.4 is 5.32 Å². The average molecular weight is 232 g/mol. The lowest BCUT2D eigenvalue weighted by Crippen LogP contribution is -2.10. The van der Waals surface area contributed by atoms with Crippen LogP contribution in [0, 0.1) is 0 Å². The summed E-state index contributed by atoms with van der Waals surface area (Å²) in [5, 5.41) is 11.0. The lowest BCUT2D eigenvalue weighted by Gasteiger charge is -2.04. The van der Waals surface area contributed by atoms with Gasteiger partial charge in [0, 0.05) is 6.54 Å². The number of hydrogen-bond donors (Lipinski definition) is 1. The fourth-order valence-electron chi connectivity index (χ4n) is 1.43. The number of rotatable bonds is 5. The van der Waals surface area contributed by atoms with E-state index >= 15 is 0 Å². The zero-order chi connectivity index (χ0) is 12.1. The second-order valence-electron chi connectivity index (χ2n) is 4.08. The summed E-state index contributed by atoms with van der Waals surface area (Å²) in [5.41, 5.74) is 1.18. The van der Waals surface area contributed by atoms with Crippen molar-refractivity contribution in [2.75, 3.05) is 19.4 Å². The molecule has 0 aliphatic rings. The van der Waals surface area contributed by atoms with Gasteiger partial charge in [0.1, 0.15) is 0 Å².